The number of nitrogens with zero attached hydrogens (tertiary/aromatic N) is 4. The molecule has 1 atom stereocenters. The van der Waals surface area contributed by atoms with E-state index in [1.165, 1.54) is 6.42 Å². The lowest BCUT2D eigenvalue weighted by atomic mass is 9.82. The summed E-state index contributed by atoms with van der Waals surface area (Å²) in [7, 11) is 0. The predicted molar refractivity (Wildman–Crippen MR) is 125 cm³/mol. The molecule has 7 nitrogen and oxygen atoms in total. The Labute approximate surface area is 192 Å². The van der Waals surface area contributed by atoms with Crippen molar-refractivity contribution in [1.29, 1.82) is 0 Å². The fourth-order valence-corrected chi connectivity index (χ4v) is 4.86. The first-order chi connectivity index (χ1) is 16.1. The Bertz CT molecular complexity index is 1230. The lowest BCUT2D eigenvalue weighted by Crippen LogP contribution is -2.71. The van der Waals surface area contributed by atoms with Crippen LogP contribution in [-0.2, 0) is 11.2 Å². The van der Waals surface area contributed by atoms with E-state index < -0.39 is 0 Å². The van der Waals surface area contributed by atoms with E-state index in [0.717, 1.165) is 59.8 Å². The molecular weight excluding hydrogens is 414 g/mol. The molecule has 2 aliphatic heterocycles. The zero-order valence-electron chi connectivity index (χ0n) is 18.5. The molecule has 0 radical (unpaired) electrons. The van der Waals surface area contributed by atoms with Gasteiger partial charge in [0.1, 0.15) is 0 Å². The minimum absolute atomic E-state index is 0.123. The van der Waals surface area contributed by atoms with E-state index in [2.05, 4.69) is 32.3 Å². The van der Waals surface area contributed by atoms with Crippen LogP contribution in [0.2, 0.25) is 0 Å². The maximum absolute atomic E-state index is 12.6. The molecule has 1 amide bonds. The largest absolute Gasteiger partial charge is 0.376 e. The Balaban J connectivity index is 1.19. The highest BCUT2D eigenvalue weighted by molar-refractivity contribution is 5.91. The van der Waals surface area contributed by atoms with Gasteiger partial charge < -0.3 is 15.0 Å². The van der Waals surface area contributed by atoms with Crippen LogP contribution in [0.3, 0.4) is 0 Å². The second-order valence-electron chi connectivity index (χ2n) is 9.03. The molecule has 33 heavy (non-hydrogen) atoms. The van der Waals surface area contributed by atoms with E-state index in [0.29, 0.717) is 0 Å². The van der Waals surface area contributed by atoms with Crippen LogP contribution in [0.1, 0.15) is 52.4 Å². The van der Waals surface area contributed by atoms with Crippen molar-refractivity contribution in [3.63, 3.8) is 0 Å². The number of allylic oxidation sites excluding steroid dienone is 1. The molecule has 2 fully saturated rings. The third kappa shape index (κ3) is 3.40. The maximum atomic E-state index is 12.6. The van der Waals surface area contributed by atoms with Gasteiger partial charge in [-0.2, -0.15) is 0 Å². The van der Waals surface area contributed by atoms with Crippen LogP contribution >= 0.6 is 0 Å². The number of rotatable bonds is 5. The lowest BCUT2D eigenvalue weighted by molar-refractivity contribution is -0.0847. The van der Waals surface area contributed by atoms with Gasteiger partial charge in [-0.1, -0.05) is 36.4 Å². The van der Waals surface area contributed by atoms with Crippen LogP contribution in [0.15, 0.2) is 61.1 Å². The molecule has 6 rings (SSSR count). The van der Waals surface area contributed by atoms with Crippen LogP contribution in [0.25, 0.3) is 5.57 Å². The number of fused-ring (bicyclic) bond motifs is 1. The van der Waals surface area contributed by atoms with Gasteiger partial charge in [0.05, 0.1) is 42.4 Å². The van der Waals surface area contributed by atoms with Crippen molar-refractivity contribution in [2.24, 2.45) is 0 Å². The molecule has 1 aromatic carbocycles. The SMILES string of the molecule is C[C@H](NC(=O)c1ncc(C2=CCc3ncc(N4CCC45COC5)cc32)cn1)c1ccccc1. The summed E-state index contributed by atoms with van der Waals surface area (Å²) in [5.74, 6) is -0.117. The van der Waals surface area contributed by atoms with Gasteiger partial charge in [-0.15, -0.1) is 0 Å². The number of ether oxygens (including phenoxy) is 1. The molecule has 3 aromatic rings. The fraction of sp³-hybridized carbons (Fsp3) is 0.308. The van der Waals surface area contributed by atoms with E-state index in [1.54, 1.807) is 12.4 Å². The predicted octanol–water partition coefficient (Wildman–Crippen LogP) is 3.33. The molecule has 4 heterocycles. The highest BCUT2D eigenvalue weighted by Crippen LogP contribution is 2.42. The van der Waals surface area contributed by atoms with Gasteiger partial charge in [0.2, 0.25) is 5.82 Å². The average Bonchev–Trinajstić information content (AvgIpc) is 3.21. The van der Waals surface area contributed by atoms with Gasteiger partial charge in [-0.25, -0.2) is 9.97 Å². The number of nitrogens with one attached hydrogen (secondary N) is 1. The number of aromatic nitrogens is 3. The van der Waals surface area contributed by atoms with Gasteiger partial charge in [-0.05, 0) is 30.5 Å². The Morgan fingerprint density at radius 1 is 1.12 bits per heavy atom. The topological polar surface area (TPSA) is 80.2 Å². The summed E-state index contributed by atoms with van der Waals surface area (Å²) < 4.78 is 5.47. The van der Waals surface area contributed by atoms with Gasteiger partial charge >= 0.3 is 0 Å². The van der Waals surface area contributed by atoms with E-state index in [1.807, 2.05) is 43.5 Å². The second-order valence-corrected chi connectivity index (χ2v) is 9.03. The first-order valence-corrected chi connectivity index (χ1v) is 11.4. The highest BCUT2D eigenvalue weighted by atomic mass is 16.5. The number of pyridine rings is 1. The molecule has 2 aromatic heterocycles. The number of hydrogen-bond acceptors (Lipinski definition) is 6. The number of hydrogen-bond donors (Lipinski definition) is 1. The third-order valence-corrected chi connectivity index (χ3v) is 6.99. The van der Waals surface area contributed by atoms with Crippen LogP contribution in [0, 0.1) is 0 Å². The van der Waals surface area contributed by atoms with Crippen LogP contribution in [0.4, 0.5) is 5.69 Å². The molecule has 0 bridgehead atoms. The summed E-state index contributed by atoms with van der Waals surface area (Å²) in [4.78, 5) is 28.5. The van der Waals surface area contributed by atoms with Gasteiger partial charge in [0.15, 0.2) is 0 Å². The molecule has 166 valence electrons. The standard InChI is InChI=1S/C26H25N5O2/c1-17(18-5-3-2-4-6-18)30-25(32)24-28-12-19(13-29-24)21-7-8-23-22(21)11-20(14-27-23)31-10-9-26(31)15-33-16-26/h2-7,11-14,17H,8-10,15-16H2,1H3,(H,30,32)/t17-/m0/s1. The van der Waals surface area contributed by atoms with Crippen molar-refractivity contribution in [2.45, 2.75) is 31.3 Å². The zero-order chi connectivity index (χ0) is 22.4. The highest BCUT2D eigenvalue weighted by Gasteiger charge is 2.51. The minimum Gasteiger partial charge on any atom is -0.376 e. The fourth-order valence-electron chi connectivity index (χ4n) is 4.86. The summed E-state index contributed by atoms with van der Waals surface area (Å²) >= 11 is 0. The molecule has 1 N–H and O–H groups in total. The van der Waals surface area contributed by atoms with Crippen molar-refractivity contribution in [3.05, 3.63) is 89.3 Å². The third-order valence-electron chi connectivity index (χ3n) is 6.99. The minimum atomic E-state index is -0.284. The van der Waals surface area contributed by atoms with E-state index in [4.69, 9.17) is 9.72 Å². The molecule has 2 saturated heterocycles. The summed E-state index contributed by atoms with van der Waals surface area (Å²) in [5, 5.41) is 2.96. The number of carbonyl (C=O) groups is 1. The van der Waals surface area contributed by atoms with Crippen molar-refractivity contribution in [3.8, 4) is 0 Å². The molecular formula is C26H25N5O2. The Kier molecular flexibility index (Phi) is 4.73. The van der Waals surface area contributed by atoms with Crippen molar-refractivity contribution < 1.29 is 9.53 Å². The van der Waals surface area contributed by atoms with Crippen molar-refractivity contribution in [2.75, 3.05) is 24.7 Å². The maximum Gasteiger partial charge on any atom is 0.289 e. The van der Waals surface area contributed by atoms with E-state index in [9.17, 15) is 4.79 Å². The van der Waals surface area contributed by atoms with Crippen LogP contribution in [-0.4, -0.2) is 46.2 Å². The van der Waals surface area contributed by atoms with E-state index in [-0.39, 0.29) is 23.3 Å². The second kappa shape index (κ2) is 7.78. The average molecular weight is 440 g/mol. The molecule has 1 aliphatic carbocycles. The van der Waals surface area contributed by atoms with Crippen molar-refractivity contribution >= 4 is 17.2 Å². The molecule has 1 spiro atoms. The summed E-state index contributed by atoms with van der Waals surface area (Å²) in [5.41, 5.74) is 6.50. The quantitative estimate of drug-likeness (QED) is 0.657. The van der Waals surface area contributed by atoms with Gasteiger partial charge in [0, 0.05) is 36.5 Å². The van der Waals surface area contributed by atoms with E-state index >= 15 is 0 Å². The van der Waals surface area contributed by atoms with Crippen molar-refractivity contribution in [1.82, 2.24) is 20.3 Å². The summed E-state index contributed by atoms with van der Waals surface area (Å²) in [6.45, 7) is 4.59. The lowest BCUT2D eigenvalue weighted by Gasteiger charge is -2.58. The molecule has 3 aliphatic rings. The first-order valence-electron chi connectivity index (χ1n) is 11.4. The van der Waals surface area contributed by atoms with Crippen LogP contribution < -0.4 is 10.2 Å². The number of anilines is 1. The van der Waals surface area contributed by atoms with Crippen LogP contribution in [0.5, 0.6) is 0 Å². The van der Waals surface area contributed by atoms with Gasteiger partial charge in [-0.3, -0.25) is 9.78 Å². The number of amides is 1. The molecule has 0 saturated carbocycles. The number of benzene rings is 1. The first kappa shape index (κ1) is 20.1. The molecule has 7 heteroatoms. The monoisotopic (exact) mass is 439 g/mol. The summed E-state index contributed by atoms with van der Waals surface area (Å²) in [6, 6.07) is 11.9. The Morgan fingerprint density at radius 3 is 2.58 bits per heavy atom. The zero-order valence-corrected chi connectivity index (χ0v) is 18.5. The normalized spacial score (nSPS) is 18.7. The Morgan fingerprint density at radius 2 is 1.91 bits per heavy atom. The molecule has 0 unspecified atom stereocenters. The summed E-state index contributed by atoms with van der Waals surface area (Å²) in [6.07, 6.45) is 9.56. The number of carbonyl (C=O) groups excluding carboxylic acids is 1. The smallest absolute Gasteiger partial charge is 0.289 e. The van der Waals surface area contributed by atoms with Gasteiger partial charge in [0.25, 0.3) is 5.91 Å². The Hall–Kier alpha value is -3.58.